The fraction of sp³-hybridized carbons (Fsp3) is 0.250. The summed E-state index contributed by atoms with van der Waals surface area (Å²) in [7, 11) is 3.51. The first kappa shape index (κ1) is 21.2. The molecule has 0 saturated heterocycles. The van der Waals surface area contributed by atoms with Crippen LogP contribution in [0.5, 0.6) is 11.5 Å². The molecule has 2 aromatic carbocycles. The molecule has 0 fully saturated rings. The average molecular weight is 405 g/mol. The number of para-hydroxylation sites is 1. The van der Waals surface area contributed by atoms with Gasteiger partial charge in [-0.15, -0.1) is 0 Å². The number of aromatic nitrogens is 2. The van der Waals surface area contributed by atoms with Crippen molar-refractivity contribution in [1.29, 1.82) is 0 Å². The second-order valence-corrected chi connectivity index (χ2v) is 7.08. The van der Waals surface area contributed by atoms with Crippen LogP contribution in [0.1, 0.15) is 28.1 Å². The number of hydrogen-bond acceptors (Lipinski definition) is 4. The molecule has 0 aliphatic rings. The Morgan fingerprint density at radius 1 is 1.13 bits per heavy atom. The number of nitrogens with one attached hydrogen (secondary N) is 1. The first-order chi connectivity index (χ1) is 14.5. The number of carbonyl (C=O) groups is 1. The highest BCUT2D eigenvalue weighted by Crippen LogP contribution is 2.24. The van der Waals surface area contributed by atoms with E-state index in [1.54, 1.807) is 17.9 Å². The summed E-state index contributed by atoms with van der Waals surface area (Å²) in [6.07, 6.45) is 3.29. The number of aryl methyl sites for hydroxylation is 3. The number of rotatable bonds is 8. The molecule has 0 aliphatic heterocycles. The molecule has 3 rings (SSSR count). The summed E-state index contributed by atoms with van der Waals surface area (Å²) in [5.41, 5.74) is 4.76. The zero-order valence-electron chi connectivity index (χ0n) is 17.8. The van der Waals surface area contributed by atoms with Crippen LogP contribution in [-0.4, -0.2) is 22.8 Å². The van der Waals surface area contributed by atoms with Crippen molar-refractivity contribution in [2.45, 2.75) is 27.0 Å². The van der Waals surface area contributed by atoms with Gasteiger partial charge in [-0.1, -0.05) is 24.3 Å². The summed E-state index contributed by atoms with van der Waals surface area (Å²) in [4.78, 5) is 12.2. The standard InChI is InChI=1S/C24H27N3O3/c1-17-7-5-6-8-22(17)30-16-20-14-19(9-11-23(20)29-4)10-12-24(28)25-15-21-13-18(2)27(3)26-21/h5-14H,15-16H2,1-4H3,(H,25,28)/b12-10+. The molecule has 1 amide bonds. The molecule has 1 N–H and O–H groups in total. The maximum atomic E-state index is 12.2. The van der Waals surface area contributed by atoms with Gasteiger partial charge in [-0.25, -0.2) is 0 Å². The molecule has 1 heterocycles. The number of ether oxygens (including phenoxy) is 2. The van der Waals surface area contributed by atoms with E-state index in [1.165, 1.54) is 6.08 Å². The van der Waals surface area contributed by atoms with E-state index in [0.29, 0.717) is 13.2 Å². The quantitative estimate of drug-likeness (QED) is 0.576. The van der Waals surface area contributed by atoms with E-state index in [4.69, 9.17) is 9.47 Å². The zero-order valence-corrected chi connectivity index (χ0v) is 17.8. The van der Waals surface area contributed by atoms with Crippen LogP contribution in [-0.2, 0) is 25.0 Å². The van der Waals surface area contributed by atoms with E-state index in [2.05, 4.69) is 10.4 Å². The van der Waals surface area contributed by atoms with Crippen LogP contribution in [0.2, 0.25) is 0 Å². The third-order valence-electron chi connectivity index (χ3n) is 4.82. The molecular weight excluding hydrogens is 378 g/mol. The highest BCUT2D eigenvalue weighted by Gasteiger charge is 2.07. The van der Waals surface area contributed by atoms with Gasteiger partial charge < -0.3 is 14.8 Å². The lowest BCUT2D eigenvalue weighted by Crippen LogP contribution is -2.20. The van der Waals surface area contributed by atoms with Gasteiger partial charge in [0.05, 0.1) is 19.3 Å². The number of hydrogen-bond donors (Lipinski definition) is 1. The summed E-state index contributed by atoms with van der Waals surface area (Å²) in [5.74, 6) is 1.41. The van der Waals surface area contributed by atoms with Gasteiger partial charge in [-0.2, -0.15) is 5.10 Å². The normalized spacial score (nSPS) is 10.9. The van der Waals surface area contributed by atoms with Crippen LogP contribution in [0.3, 0.4) is 0 Å². The summed E-state index contributed by atoms with van der Waals surface area (Å²) >= 11 is 0. The molecule has 1 aromatic heterocycles. The van der Waals surface area contributed by atoms with E-state index < -0.39 is 0 Å². The maximum absolute atomic E-state index is 12.2. The Balaban J connectivity index is 1.63. The highest BCUT2D eigenvalue weighted by atomic mass is 16.5. The third-order valence-corrected chi connectivity index (χ3v) is 4.82. The second-order valence-electron chi connectivity index (χ2n) is 7.08. The SMILES string of the molecule is COc1ccc(/C=C/C(=O)NCc2cc(C)n(C)n2)cc1COc1ccccc1C. The van der Waals surface area contributed by atoms with Crippen molar-refractivity contribution in [2.24, 2.45) is 7.05 Å². The van der Waals surface area contributed by atoms with Gasteiger partial charge in [0.25, 0.3) is 0 Å². The van der Waals surface area contributed by atoms with E-state index in [0.717, 1.165) is 39.6 Å². The van der Waals surface area contributed by atoms with Crippen molar-refractivity contribution < 1.29 is 14.3 Å². The van der Waals surface area contributed by atoms with Crippen molar-refractivity contribution in [2.75, 3.05) is 7.11 Å². The Morgan fingerprint density at radius 3 is 2.63 bits per heavy atom. The van der Waals surface area contributed by atoms with Crippen molar-refractivity contribution in [3.63, 3.8) is 0 Å². The number of methoxy groups -OCH3 is 1. The molecule has 0 aliphatic carbocycles. The zero-order chi connectivity index (χ0) is 21.5. The predicted molar refractivity (Wildman–Crippen MR) is 117 cm³/mol. The smallest absolute Gasteiger partial charge is 0.244 e. The largest absolute Gasteiger partial charge is 0.496 e. The summed E-state index contributed by atoms with van der Waals surface area (Å²) < 4.78 is 13.2. The van der Waals surface area contributed by atoms with Crippen molar-refractivity contribution in [1.82, 2.24) is 15.1 Å². The average Bonchev–Trinajstić information content (AvgIpc) is 3.07. The maximum Gasteiger partial charge on any atom is 0.244 e. The first-order valence-corrected chi connectivity index (χ1v) is 9.77. The molecule has 30 heavy (non-hydrogen) atoms. The molecule has 0 atom stereocenters. The number of amides is 1. The lowest BCUT2D eigenvalue weighted by Gasteiger charge is -2.12. The van der Waals surface area contributed by atoms with Crippen molar-refractivity contribution in [3.05, 3.63) is 82.7 Å². The topological polar surface area (TPSA) is 65.4 Å². The minimum atomic E-state index is -0.174. The summed E-state index contributed by atoms with van der Waals surface area (Å²) in [6.45, 7) is 4.75. The fourth-order valence-corrected chi connectivity index (χ4v) is 3.02. The van der Waals surface area contributed by atoms with Crippen LogP contribution < -0.4 is 14.8 Å². The van der Waals surface area contributed by atoms with Gasteiger partial charge in [-0.3, -0.25) is 9.48 Å². The van der Waals surface area contributed by atoms with Crippen LogP contribution >= 0.6 is 0 Å². The van der Waals surface area contributed by atoms with E-state index >= 15 is 0 Å². The second kappa shape index (κ2) is 9.78. The number of benzene rings is 2. The van der Waals surface area contributed by atoms with Gasteiger partial charge in [0, 0.05) is 24.4 Å². The Kier molecular flexibility index (Phi) is 6.91. The summed E-state index contributed by atoms with van der Waals surface area (Å²) in [6, 6.07) is 15.6. The van der Waals surface area contributed by atoms with Crippen LogP contribution in [0, 0.1) is 13.8 Å². The summed E-state index contributed by atoms with van der Waals surface area (Å²) in [5, 5.41) is 7.18. The third kappa shape index (κ3) is 5.50. The Labute approximate surface area is 177 Å². The number of carbonyl (C=O) groups excluding carboxylic acids is 1. The van der Waals surface area contributed by atoms with Crippen LogP contribution in [0.4, 0.5) is 0 Å². The van der Waals surface area contributed by atoms with E-state index in [9.17, 15) is 4.79 Å². The first-order valence-electron chi connectivity index (χ1n) is 9.77. The van der Waals surface area contributed by atoms with Gasteiger partial charge in [0.15, 0.2) is 0 Å². The fourth-order valence-electron chi connectivity index (χ4n) is 3.02. The van der Waals surface area contributed by atoms with Gasteiger partial charge in [0.1, 0.15) is 18.1 Å². The van der Waals surface area contributed by atoms with Gasteiger partial charge in [-0.05, 0) is 55.3 Å². The predicted octanol–water partition coefficient (Wildman–Crippen LogP) is 3.95. The molecule has 0 spiro atoms. The van der Waals surface area contributed by atoms with E-state index in [-0.39, 0.29) is 5.91 Å². The molecule has 156 valence electrons. The molecule has 6 nitrogen and oxygen atoms in total. The van der Waals surface area contributed by atoms with Gasteiger partial charge >= 0.3 is 0 Å². The Hall–Kier alpha value is -3.54. The van der Waals surface area contributed by atoms with E-state index in [1.807, 2.05) is 69.4 Å². The van der Waals surface area contributed by atoms with Crippen molar-refractivity contribution >= 4 is 12.0 Å². The van der Waals surface area contributed by atoms with Gasteiger partial charge in [0.2, 0.25) is 5.91 Å². The molecule has 0 unspecified atom stereocenters. The monoisotopic (exact) mass is 405 g/mol. The molecule has 0 radical (unpaired) electrons. The molecule has 0 bridgehead atoms. The minimum Gasteiger partial charge on any atom is -0.496 e. The molecule has 0 saturated carbocycles. The highest BCUT2D eigenvalue weighted by molar-refractivity contribution is 5.91. The molecular formula is C24H27N3O3. The molecule has 6 heteroatoms. The Morgan fingerprint density at radius 2 is 1.93 bits per heavy atom. The molecule has 3 aromatic rings. The Bertz CT molecular complexity index is 1030. The lowest BCUT2D eigenvalue weighted by atomic mass is 10.1. The lowest BCUT2D eigenvalue weighted by molar-refractivity contribution is -0.116. The van der Waals surface area contributed by atoms with Crippen LogP contribution in [0.15, 0.2) is 54.6 Å². The van der Waals surface area contributed by atoms with Crippen molar-refractivity contribution in [3.8, 4) is 11.5 Å². The minimum absolute atomic E-state index is 0.174. The number of nitrogens with zero attached hydrogens (tertiary/aromatic N) is 2. The van der Waals surface area contributed by atoms with Crippen LogP contribution in [0.25, 0.3) is 6.08 Å².